The lowest BCUT2D eigenvalue weighted by Crippen LogP contribution is -2.43. The topological polar surface area (TPSA) is 127 Å². The summed E-state index contributed by atoms with van der Waals surface area (Å²) in [7, 11) is -4.43. The number of rotatable bonds is 7. The van der Waals surface area contributed by atoms with Crippen molar-refractivity contribution < 1.29 is 44.7 Å². The van der Waals surface area contributed by atoms with Gasteiger partial charge in [0.05, 0.1) is 24.0 Å². The Balaban J connectivity index is 1.66. The van der Waals surface area contributed by atoms with E-state index in [-0.39, 0.29) is 17.3 Å². The molecule has 4 aromatic rings. The third kappa shape index (κ3) is 5.98. The zero-order valence-corrected chi connectivity index (χ0v) is 22.9. The second-order valence-corrected chi connectivity index (χ2v) is 10.8. The molecule has 17 heteroatoms. The van der Waals surface area contributed by atoms with Crippen molar-refractivity contribution in [1.29, 1.82) is 0 Å². The molecule has 1 fully saturated rings. The molecule has 1 saturated heterocycles. The lowest BCUT2D eigenvalue weighted by molar-refractivity contribution is -0.199. The number of hydrogen-bond acceptors (Lipinski definition) is 10. The predicted molar refractivity (Wildman–Crippen MR) is 143 cm³/mol. The molecule has 1 N–H and O–H groups in total. The van der Waals surface area contributed by atoms with Crippen LogP contribution in [0.15, 0.2) is 59.8 Å². The first-order valence-corrected chi connectivity index (χ1v) is 13.9. The zero-order chi connectivity index (χ0) is 30.9. The van der Waals surface area contributed by atoms with Gasteiger partial charge in [0.2, 0.25) is 5.88 Å². The molecule has 0 saturated carbocycles. The van der Waals surface area contributed by atoms with Crippen LogP contribution in [0.1, 0.15) is 0 Å². The molecule has 43 heavy (non-hydrogen) atoms. The number of aromatic nitrogens is 3. The van der Waals surface area contributed by atoms with E-state index in [0.717, 1.165) is 32.0 Å². The number of nitrogens with zero attached hydrogens (tertiary/aromatic N) is 5. The summed E-state index contributed by atoms with van der Waals surface area (Å²) in [5, 5.41) is 3.25. The van der Waals surface area contributed by atoms with Crippen molar-refractivity contribution in [3.05, 3.63) is 66.5 Å². The van der Waals surface area contributed by atoms with Gasteiger partial charge < -0.3 is 19.8 Å². The Morgan fingerprint density at radius 2 is 1.79 bits per heavy atom. The van der Waals surface area contributed by atoms with Gasteiger partial charge in [-0.1, -0.05) is 4.47 Å². The van der Waals surface area contributed by atoms with Crippen LogP contribution in [0.4, 0.5) is 33.3 Å². The van der Waals surface area contributed by atoms with Gasteiger partial charge in [0.1, 0.15) is 22.0 Å². The van der Waals surface area contributed by atoms with Crippen molar-refractivity contribution in [2.24, 2.45) is 0 Å². The first-order chi connectivity index (χ1) is 20.4. The number of piperazine rings is 1. The first-order valence-electron chi connectivity index (χ1n) is 12.5. The maximum absolute atomic E-state index is 14.6. The summed E-state index contributed by atoms with van der Waals surface area (Å²) in [6.45, 7) is 2.86. The van der Waals surface area contributed by atoms with E-state index in [1.54, 1.807) is 18.3 Å². The average Bonchev–Trinajstić information content (AvgIpc) is 2.98. The number of alkyl halides is 3. The van der Waals surface area contributed by atoms with Crippen molar-refractivity contribution >= 4 is 38.4 Å². The van der Waals surface area contributed by atoms with E-state index >= 15 is 0 Å². The second-order valence-electron chi connectivity index (χ2n) is 9.07. The third-order valence-corrected chi connectivity index (χ3v) is 7.92. The quantitative estimate of drug-likeness (QED) is 0.241. The van der Waals surface area contributed by atoms with Crippen LogP contribution in [0, 0.1) is 11.6 Å². The number of methoxy groups -OCH3 is 1. The predicted octanol–water partition coefficient (Wildman–Crippen LogP) is 3.60. The molecule has 1 aliphatic heterocycles. The van der Waals surface area contributed by atoms with E-state index in [1.165, 1.54) is 12.3 Å². The minimum atomic E-state index is -5.65. The standard InChI is InChI=1S/C26H21F5N6O5S/c1-41-24-21(37(42-25(38)26(29,30)31)43(39,40)22-5-2-16(27)13-17(22)28)12-15(14-34-24)18-3-4-19-23(35-18)20(6-7-33-19)36-10-8-32-9-11-36/h2-7,12-14,32H,8-11H2,1H3. The normalized spacial score (nSPS) is 14.0. The minimum absolute atomic E-state index is 0.0654. The van der Waals surface area contributed by atoms with E-state index in [4.69, 9.17) is 4.74 Å². The Kier molecular flexibility index (Phi) is 8.02. The van der Waals surface area contributed by atoms with Gasteiger partial charge in [0.25, 0.3) is 10.0 Å². The van der Waals surface area contributed by atoms with Crippen molar-refractivity contribution in [1.82, 2.24) is 20.3 Å². The van der Waals surface area contributed by atoms with Crippen LogP contribution in [0.2, 0.25) is 0 Å². The summed E-state index contributed by atoms with van der Waals surface area (Å²) in [6, 6.07) is 7.16. The Labute approximate surface area is 240 Å². The number of anilines is 2. The maximum atomic E-state index is 14.6. The van der Waals surface area contributed by atoms with Crippen LogP contribution in [0.5, 0.6) is 5.88 Å². The lowest BCUT2D eigenvalue weighted by atomic mass is 10.1. The van der Waals surface area contributed by atoms with Gasteiger partial charge in [-0.3, -0.25) is 4.98 Å². The molecule has 1 aliphatic rings. The number of hydrogen-bond donors (Lipinski definition) is 1. The highest BCUT2D eigenvalue weighted by atomic mass is 32.2. The molecule has 0 aliphatic carbocycles. The van der Waals surface area contributed by atoms with Crippen molar-refractivity contribution in [3.63, 3.8) is 0 Å². The number of halogens is 5. The summed E-state index contributed by atoms with van der Waals surface area (Å²) in [4.78, 5) is 29.9. The highest BCUT2D eigenvalue weighted by molar-refractivity contribution is 7.92. The van der Waals surface area contributed by atoms with E-state index in [9.17, 15) is 35.2 Å². The van der Waals surface area contributed by atoms with Crippen molar-refractivity contribution in [2.75, 3.05) is 42.7 Å². The lowest BCUT2D eigenvalue weighted by Gasteiger charge is -2.29. The first kappa shape index (κ1) is 29.8. The Morgan fingerprint density at radius 3 is 2.47 bits per heavy atom. The van der Waals surface area contributed by atoms with Crippen molar-refractivity contribution in [2.45, 2.75) is 11.1 Å². The molecule has 0 radical (unpaired) electrons. The molecule has 0 unspecified atom stereocenters. The number of nitrogens with one attached hydrogen (secondary N) is 1. The molecular formula is C26H21F5N6O5S. The molecule has 11 nitrogen and oxygen atoms in total. The number of fused-ring (bicyclic) bond motifs is 1. The van der Waals surface area contributed by atoms with Crippen molar-refractivity contribution in [3.8, 4) is 17.1 Å². The Morgan fingerprint density at radius 1 is 1.05 bits per heavy atom. The van der Waals surface area contributed by atoms with Gasteiger partial charge in [-0.15, -0.1) is 0 Å². The number of sulfonamides is 1. The fourth-order valence-electron chi connectivity index (χ4n) is 4.33. The summed E-state index contributed by atoms with van der Waals surface area (Å²) in [6.07, 6.45) is -2.83. The van der Waals surface area contributed by atoms with Crippen LogP contribution in [0.3, 0.4) is 0 Å². The average molecular weight is 625 g/mol. The molecule has 0 atom stereocenters. The zero-order valence-electron chi connectivity index (χ0n) is 22.1. The molecule has 226 valence electrons. The fourth-order valence-corrected chi connectivity index (χ4v) is 5.61. The number of carbonyl (C=O) groups excluding carboxylic acids is 1. The van der Waals surface area contributed by atoms with Crippen LogP contribution >= 0.6 is 0 Å². The molecule has 5 rings (SSSR count). The number of carbonyl (C=O) groups is 1. The maximum Gasteiger partial charge on any atom is 0.493 e. The minimum Gasteiger partial charge on any atom is -0.479 e. The highest BCUT2D eigenvalue weighted by Crippen LogP contribution is 2.37. The van der Waals surface area contributed by atoms with Crippen LogP contribution in [0.25, 0.3) is 22.3 Å². The van der Waals surface area contributed by atoms with Crippen LogP contribution < -0.4 is 19.4 Å². The van der Waals surface area contributed by atoms with Gasteiger partial charge >= 0.3 is 12.1 Å². The largest absolute Gasteiger partial charge is 0.493 e. The molecular weight excluding hydrogens is 603 g/mol. The third-order valence-electron chi connectivity index (χ3n) is 6.33. The van der Waals surface area contributed by atoms with E-state index in [0.29, 0.717) is 36.3 Å². The molecule has 0 amide bonds. The second kappa shape index (κ2) is 11.6. The summed E-state index contributed by atoms with van der Waals surface area (Å²) in [5.74, 6) is -6.36. The van der Waals surface area contributed by atoms with Gasteiger partial charge in [-0.05, 0) is 36.4 Å². The molecule has 1 aromatic carbocycles. The summed E-state index contributed by atoms with van der Waals surface area (Å²) in [5.41, 5.74) is 1.23. The van der Waals surface area contributed by atoms with Gasteiger partial charge in [0, 0.05) is 50.2 Å². The molecule has 4 heterocycles. The summed E-state index contributed by atoms with van der Waals surface area (Å²) >= 11 is 0. The monoisotopic (exact) mass is 624 g/mol. The van der Waals surface area contributed by atoms with E-state index < -0.39 is 54.7 Å². The summed E-state index contributed by atoms with van der Waals surface area (Å²) < 4.78 is 99.2. The Bertz CT molecular complexity index is 1800. The molecule has 0 spiro atoms. The number of benzene rings is 1. The van der Waals surface area contributed by atoms with Gasteiger partial charge in [-0.2, -0.15) is 21.6 Å². The van der Waals surface area contributed by atoms with Crippen LogP contribution in [-0.2, 0) is 19.7 Å². The van der Waals surface area contributed by atoms with Gasteiger partial charge in [-0.25, -0.2) is 23.5 Å². The highest BCUT2D eigenvalue weighted by Gasteiger charge is 2.46. The SMILES string of the molecule is COc1ncc(-c2ccc3nccc(N4CCNCC4)c3n2)cc1N(OC(=O)C(F)(F)F)S(=O)(=O)c1ccc(F)cc1F. The van der Waals surface area contributed by atoms with E-state index in [1.807, 2.05) is 0 Å². The Hall–Kier alpha value is -4.64. The van der Waals surface area contributed by atoms with E-state index in [2.05, 4.69) is 30.0 Å². The molecule has 3 aromatic heterocycles. The number of pyridine rings is 3. The van der Waals surface area contributed by atoms with Crippen LogP contribution in [-0.4, -0.2) is 68.8 Å². The van der Waals surface area contributed by atoms with Gasteiger partial charge in [0.15, 0.2) is 5.69 Å². The number of ether oxygens (including phenoxy) is 1. The molecule has 0 bridgehead atoms. The fraction of sp³-hybridized carbons (Fsp3) is 0.231. The smallest absolute Gasteiger partial charge is 0.479 e.